The number of ether oxygens (including phenoxy) is 4. The van der Waals surface area contributed by atoms with Gasteiger partial charge in [0.25, 0.3) is 11.8 Å². The van der Waals surface area contributed by atoms with Crippen molar-refractivity contribution >= 4 is 51.5 Å². The van der Waals surface area contributed by atoms with Crippen LogP contribution < -0.4 is 34.1 Å². The summed E-state index contributed by atoms with van der Waals surface area (Å²) in [5.41, 5.74) is 32.2. The molecule has 0 bridgehead atoms. The second-order valence-electron chi connectivity index (χ2n) is 14.5. The molecule has 0 aromatic carbocycles. The SMILES string of the molecule is Cc1nc(NO[C@@H]2[C@H](O)C(COC[C@@H](N)C(C)C)O[C@H]2n2cc(C(N)=O)c3c(N)nc(C)nc32)c2c(C(N)=O)cn([C@@H]3O[C@H](COC(=O)[C@H](C)N)[C@@H](O)[C@H]3O)c2n1. The molecule has 2 aliphatic heterocycles. The number of hydrogen-bond donors (Lipinski definition) is 9. The van der Waals surface area contributed by atoms with Crippen molar-refractivity contribution in [3.05, 3.63) is 35.2 Å². The summed E-state index contributed by atoms with van der Waals surface area (Å²) in [4.78, 5) is 61.1. The Labute approximate surface area is 324 Å². The molecule has 23 nitrogen and oxygen atoms in total. The van der Waals surface area contributed by atoms with E-state index in [1.165, 1.54) is 35.4 Å². The normalized spacial score (nSPS) is 26.0. The summed E-state index contributed by atoms with van der Waals surface area (Å²) in [5.74, 6) is -2.05. The Balaban J connectivity index is 1.36. The first-order valence-corrected chi connectivity index (χ1v) is 18.0. The lowest BCUT2D eigenvalue weighted by Gasteiger charge is -2.23. The minimum Gasteiger partial charge on any atom is -0.462 e. The van der Waals surface area contributed by atoms with Crippen LogP contribution in [0.25, 0.3) is 22.1 Å². The Morgan fingerprint density at radius 2 is 1.39 bits per heavy atom. The Morgan fingerprint density at radius 3 is 2.00 bits per heavy atom. The highest BCUT2D eigenvalue weighted by molar-refractivity contribution is 6.10. The smallest absolute Gasteiger partial charge is 0.322 e. The predicted molar refractivity (Wildman–Crippen MR) is 199 cm³/mol. The van der Waals surface area contributed by atoms with Crippen molar-refractivity contribution in [2.45, 2.75) is 95.8 Å². The fourth-order valence-electron chi connectivity index (χ4n) is 6.62. The van der Waals surface area contributed by atoms with E-state index in [-0.39, 0.29) is 81.7 Å². The third kappa shape index (κ3) is 8.05. The van der Waals surface area contributed by atoms with Crippen LogP contribution in [0.5, 0.6) is 0 Å². The number of anilines is 2. The molecule has 0 spiro atoms. The van der Waals surface area contributed by atoms with Gasteiger partial charge >= 0.3 is 5.97 Å². The number of amides is 2. The largest absolute Gasteiger partial charge is 0.462 e. The van der Waals surface area contributed by atoms with Crippen LogP contribution in [-0.4, -0.2) is 131 Å². The second kappa shape index (κ2) is 16.4. The van der Waals surface area contributed by atoms with E-state index < -0.39 is 79.5 Å². The zero-order valence-corrected chi connectivity index (χ0v) is 31.8. The fraction of sp³-hybridized carbons (Fsp3) is 0.559. The van der Waals surface area contributed by atoms with E-state index in [2.05, 4.69) is 25.4 Å². The van der Waals surface area contributed by atoms with E-state index >= 15 is 0 Å². The third-order valence-electron chi connectivity index (χ3n) is 9.83. The van der Waals surface area contributed by atoms with Gasteiger partial charge < -0.3 is 72.1 Å². The highest BCUT2D eigenvalue weighted by Crippen LogP contribution is 2.39. The average molecular weight is 801 g/mol. The fourth-order valence-corrected chi connectivity index (χ4v) is 6.62. The number of carbonyl (C=O) groups excluding carboxylic acids is 3. The zero-order valence-electron chi connectivity index (χ0n) is 31.8. The lowest BCUT2D eigenvalue weighted by Crippen LogP contribution is -2.38. The summed E-state index contributed by atoms with van der Waals surface area (Å²) in [6.45, 7) is 8.09. The summed E-state index contributed by atoms with van der Waals surface area (Å²) >= 11 is 0. The molecule has 57 heavy (non-hydrogen) atoms. The molecule has 2 aliphatic rings. The predicted octanol–water partition coefficient (Wildman–Crippen LogP) is -2.25. The number of fused-ring (bicyclic) bond motifs is 2. The van der Waals surface area contributed by atoms with Crippen LogP contribution in [0.4, 0.5) is 11.6 Å². The number of nitrogen functional groups attached to an aromatic ring is 1. The van der Waals surface area contributed by atoms with E-state index in [9.17, 15) is 29.7 Å². The highest BCUT2D eigenvalue weighted by Gasteiger charge is 2.48. The summed E-state index contributed by atoms with van der Waals surface area (Å²) in [6, 6.07) is -1.23. The number of rotatable bonds is 15. The van der Waals surface area contributed by atoms with Crippen LogP contribution >= 0.6 is 0 Å². The van der Waals surface area contributed by atoms with Gasteiger partial charge in [-0.25, -0.2) is 25.4 Å². The molecule has 4 aromatic rings. The van der Waals surface area contributed by atoms with Crippen molar-refractivity contribution in [3.63, 3.8) is 0 Å². The maximum Gasteiger partial charge on any atom is 0.322 e. The minimum atomic E-state index is -1.58. The van der Waals surface area contributed by atoms with Crippen molar-refractivity contribution < 1.29 is 53.5 Å². The number of aryl methyl sites for hydroxylation is 2. The maximum atomic E-state index is 12.9. The van der Waals surface area contributed by atoms with Crippen LogP contribution in [0.3, 0.4) is 0 Å². The standard InChI is InChI=1S/C34H48N12O11/c1-11(2)17(36)8-53-9-18-23(48)25(33(56-18)46-6-15(27(38)50)20-26(37)40-13(4)42-30(20)46)57-44-29-21-16(28(39)51)7-45(31(21)43-14(5)41-29)32-24(49)22(47)19(55-32)10-54-34(52)12(3)35/h6-7,11-12,17-19,22-25,32-33,47-49H,8-10,35-36H2,1-5H3,(H2,38,50)(H2,39,51)(H2,37,40,42)(H,41,43,44)/t12-,17+,18?,19+,22+,23+,24+,25+,32+,33+/m0/s1. The molecule has 2 fully saturated rings. The van der Waals surface area contributed by atoms with Crippen LogP contribution in [0, 0.1) is 19.8 Å². The number of nitrogens with one attached hydrogen (secondary N) is 1. The Bertz CT molecular complexity index is 2160. The number of esters is 1. The second-order valence-corrected chi connectivity index (χ2v) is 14.5. The van der Waals surface area contributed by atoms with Crippen molar-refractivity contribution in [1.82, 2.24) is 29.1 Å². The number of aliphatic hydroxyl groups is 3. The van der Waals surface area contributed by atoms with Gasteiger partial charge in [-0.2, -0.15) is 0 Å². The van der Waals surface area contributed by atoms with Gasteiger partial charge in [0, 0.05) is 18.4 Å². The maximum absolute atomic E-state index is 12.9. The topological polar surface area (TPSA) is 362 Å². The Hall–Kier alpha value is -5.11. The molecule has 10 atom stereocenters. The molecular weight excluding hydrogens is 752 g/mol. The molecule has 6 heterocycles. The van der Waals surface area contributed by atoms with Crippen LogP contribution in [-0.2, 0) is 28.6 Å². The monoisotopic (exact) mass is 800 g/mol. The number of nitrogens with zero attached hydrogens (tertiary/aromatic N) is 6. The van der Waals surface area contributed by atoms with Crippen molar-refractivity contribution in [2.24, 2.45) is 28.9 Å². The van der Waals surface area contributed by atoms with Gasteiger partial charge in [0.1, 0.15) is 71.9 Å². The number of hydrogen-bond acceptors (Lipinski definition) is 19. The molecule has 14 N–H and O–H groups in total. The third-order valence-corrected chi connectivity index (χ3v) is 9.83. The van der Waals surface area contributed by atoms with Gasteiger partial charge in [0.2, 0.25) is 0 Å². The molecule has 2 saturated heterocycles. The minimum absolute atomic E-state index is 0.00810. The molecule has 4 aromatic heterocycles. The first kappa shape index (κ1) is 41.5. The van der Waals surface area contributed by atoms with Gasteiger partial charge in [-0.05, 0) is 26.7 Å². The number of carbonyl (C=O) groups is 3. The van der Waals surface area contributed by atoms with Gasteiger partial charge in [-0.1, -0.05) is 13.8 Å². The molecule has 0 aliphatic carbocycles. The van der Waals surface area contributed by atoms with Gasteiger partial charge in [0.15, 0.2) is 24.4 Å². The van der Waals surface area contributed by atoms with E-state index in [1.807, 2.05) is 13.8 Å². The number of primary amides is 2. The van der Waals surface area contributed by atoms with Crippen molar-refractivity contribution in [3.8, 4) is 0 Å². The molecule has 0 saturated carbocycles. The number of aromatic nitrogens is 6. The van der Waals surface area contributed by atoms with E-state index in [0.29, 0.717) is 0 Å². The van der Waals surface area contributed by atoms with E-state index in [1.54, 1.807) is 6.92 Å². The van der Waals surface area contributed by atoms with Crippen LogP contribution in [0.2, 0.25) is 0 Å². The summed E-state index contributed by atoms with van der Waals surface area (Å²) in [7, 11) is 0. The molecule has 6 rings (SSSR count). The average Bonchev–Trinajstić information content (AvgIpc) is 3.87. The van der Waals surface area contributed by atoms with Crippen molar-refractivity contribution in [1.29, 1.82) is 0 Å². The van der Waals surface area contributed by atoms with Gasteiger partial charge in [0.05, 0.1) is 35.1 Å². The number of nitrogens with two attached hydrogens (primary N) is 5. The summed E-state index contributed by atoms with van der Waals surface area (Å²) in [5, 5.41) is 33.7. The molecule has 2 amide bonds. The van der Waals surface area contributed by atoms with Crippen LogP contribution in [0.1, 0.15) is 65.6 Å². The first-order valence-electron chi connectivity index (χ1n) is 18.0. The Kier molecular flexibility index (Phi) is 11.9. The lowest BCUT2D eigenvalue weighted by atomic mass is 10.1. The van der Waals surface area contributed by atoms with Crippen molar-refractivity contribution in [2.75, 3.05) is 31.0 Å². The van der Waals surface area contributed by atoms with E-state index in [0.717, 1.165) is 0 Å². The summed E-state index contributed by atoms with van der Waals surface area (Å²) < 4.78 is 25.9. The quantitative estimate of drug-likeness (QED) is 0.0453. The number of aliphatic hydroxyl groups excluding tert-OH is 3. The van der Waals surface area contributed by atoms with Gasteiger partial charge in [-0.15, -0.1) is 0 Å². The van der Waals surface area contributed by atoms with Gasteiger partial charge in [-0.3, -0.25) is 19.2 Å². The Morgan fingerprint density at radius 1 is 0.825 bits per heavy atom. The molecule has 310 valence electrons. The molecule has 23 heteroatoms. The lowest BCUT2D eigenvalue weighted by molar-refractivity contribution is -0.151. The highest BCUT2D eigenvalue weighted by atomic mass is 16.7. The summed E-state index contributed by atoms with van der Waals surface area (Å²) in [6.07, 6.45) is -7.88. The van der Waals surface area contributed by atoms with E-state index in [4.69, 9.17) is 52.5 Å². The molecular formula is C34H48N12O11. The molecule has 0 radical (unpaired) electrons. The zero-order chi connectivity index (χ0) is 41.6. The van der Waals surface area contributed by atoms with Crippen LogP contribution in [0.15, 0.2) is 12.4 Å². The molecule has 1 unspecified atom stereocenters. The first-order chi connectivity index (χ1) is 26.9.